The highest BCUT2D eigenvalue weighted by Gasteiger charge is 2.22. The fourth-order valence-corrected chi connectivity index (χ4v) is 2.57. The summed E-state index contributed by atoms with van der Waals surface area (Å²) in [5.74, 6) is 0. The number of rotatable bonds is 8. The van der Waals surface area contributed by atoms with Crippen LogP contribution in [0.25, 0.3) is 0 Å². The van der Waals surface area contributed by atoms with E-state index in [-0.39, 0.29) is 5.48 Å². The third kappa shape index (κ3) is 13.3. The molecule has 0 unspecified atom stereocenters. The van der Waals surface area contributed by atoms with Crippen molar-refractivity contribution in [1.82, 2.24) is 0 Å². The Morgan fingerprint density at radius 1 is 0.778 bits per heavy atom. The molecule has 0 aliphatic rings. The van der Waals surface area contributed by atoms with Crippen molar-refractivity contribution < 1.29 is 25.0 Å². The number of hydrogen-bond acceptors (Lipinski definition) is 2. The Morgan fingerprint density at radius 2 is 0.944 bits per heavy atom. The van der Waals surface area contributed by atoms with Crippen molar-refractivity contribution in [3.63, 3.8) is 0 Å². The van der Waals surface area contributed by atoms with Crippen LogP contribution in [0.1, 0.15) is 53.4 Å². The van der Waals surface area contributed by atoms with Crippen LogP contribution in [-0.2, 0) is 0 Å². The van der Waals surface area contributed by atoms with Gasteiger partial charge >= 0.3 is 6.16 Å². The van der Waals surface area contributed by atoms with E-state index in [0.717, 1.165) is 0 Å². The van der Waals surface area contributed by atoms with E-state index in [4.69, 9.17) is 15.0 Å². The van der Waals surface area contributed by atoms with E-state index in [2.05, 4.69) is 27.7 Å². The zero-order valence-electron chi connectivity index (χ0n) is 12.4. The number of nitrogens with zero attached hydrogens (tertiary/aromatic N) is 1. The number of quaternary nitrogens is 1. The predicted octanol–water partition coefficient (Wildman–Crippen LogP) is 3.49. The minimum atomic E-state index is -1.83. The monoisotopic (exact) mass is 265 g/mol. The van der Waals surface area contributed by atoms with Gasteiger partial charge in [0.25, 0.3) is 0 Å². The summed E-state index contributed by atoms with van der Waals surface area (Å²) in [5, 5.41) is 13.9. The highest BCUT2D eigenvalue weighted by atomic mass is 16.6. The lowest BCUT2D eigenvalue weighted by Gasteiger charge is -2.38. The summed E-state index contributed by atoms with van der Waals surface area (Å²) in [6.07, 6.45) is 3.50. The van der Waals surface area contributed by atoms with E-state index in [9.17, 15) is 0 Å². The minimum absolute atomic E-state index is 0. The van der Waals surface area contributed by atoms with Gasteiger partial charge in [-0.2, -0.15) is 0 Å². The molecular weight excluding hydrogens is 234 g/mol. The second-order valence-corrected chi connectivity index (χ2v) is 4.52. The normalized spacial score (nSPS) is 10.0. The predicted molar refractivity (Wildman–Crippen MR) is 73.5 cm³/mol. The zero-order chi connectivity index (χ0) is 13.7. The summed E-state index contributed by atoms with van der Waals surface area (Å²) >= 11 is 0. The summed E-state index contributed by atoms with van der Waals surface area (Å²) in [6, 6.07) is 0. The molecule has 0 aromatic carbocycles. The Kier molecular flexibility index (Phi) is 17.7. The van der Waals surface area contributed by atoms with E-state index in [0.29, 0.717) is 0 Å². The maximum absolute atomic E-state index is 8.56. The molecule has 5 heteroatoms. The van der Waals surface area contributed by atoms with E-state index in [1.165, 1.54) is 56.3 Å². The number of carbonyl (C=O) groups is 1. The van der Waals surface area contributed by atoms with Crippen LogP contribution >= 0.6 is 0 Å². The molecule has 0 aromatic heterocycles. The van der Waals surface area contributed by atoms with Crippen LogP contribution in [0.5, 0.6) is 0 Å². The van der Waals surface area contributed by atoms with Crippen LogP contribution in [0.4, 0.5) is 4.79 Å². The molecule has 0 amide bonds. The first-order valence-electron chi connectivity index (χ1n) is 6.74. The first-order chi connectivity index (χ1) is 7.97. The number of hydrogen-bond donors (Lipinski definition) is 2. The molecule has 5 nitrogen and oxygen atoms in total. The van der Waals surface area contributed by atoms with Crippen molar-refractivity contribution in [1.29, 1.82) is 0 Å². The van der Waals surface area contributed by atoms with Crippen LogP contribution in [0, 0.1) is 0 Å². The van der Waals surface area contributed by atoms with E-state index >= 15 is 0 Å². The van der Waals surface area contributed by atoms with Crippen LogP contribution in [0.15, 0.2) is 0 Å². The molecule has 112 valence electrons. The van der Waals surface area contributed by atoms with Gasteiger partial charge in [-0.1, -0.05) is 27.7 Å². The highest BCUT2D eigenvalue weighted by Crippen LogP contribution is 2.12. The lowest BCUT2D eigenvalue weighted by Crippen LogP contribution is -2.50. The van der Waals surface area contributed by atoms with Gasteiger partial charge in [0, 0.05) is 0 Å². The van der Waals surface area contributed by atoms with Gasteiger partial charge in [-0.25, -0.2) is 4.79 Å². The molecule has 0 bridgehead atoms. The topological polar surface area (TPSA) is 87.5 Å². The Morgan fingerprint density at radius 3 is 1.06 bits per heavy atom. The Bertz CT molecular complexity index is 152. The first-order valence-corrected chi connectivity index (χ1v) is 6.74. The molecule has 0 radical (unpaired) electrons. The number of carboxylic acid groups (broad SMARTS) is 2. The molecule has 0 aliphatic carbocycles. The summed E-state index contributed by atoms with van der Waals surface area (Å²) in [6.45, 7) is 14.8. The molecular formula is C13H31NO4. The van der Waals surface area contributed by atoms with Crippen LogP contribution in [0.3, 0.4) is 0 Å². The lowest BCUT2D eigenvalue weighted by atomic mass is 10.2. The average Bonchev–Trinajstić information content (AvgIpc) is 2.18. The standard InChI is InChI=1S/C12H28N.CH2O3.H2O/c1-5-9-13(10-6-2,11-7-3)12-8-4;2-1(3)4;/h5-12H2,1-4H3;(H2,2,3,4);1H2/q+1;;/p-1. The highest BCUT2D eigenvalue weighted by molar-refractivity contribution is 5.53. The SMILES string of the molecule is CCC[N+](CCC)(CCC)CCC.O=C(O)O.[OH-]. The molecule has 0 spiro atoms. The van der Waals surface area contributed by atoms with Gasteiger partial charge in [-0.15, -0.1) is 0 Å². The minimum Gasteiger partial charge on any atom is -0.870 e. The van der Waals surface area contributed by atoms with Gasteiger partial charge in [-0.05, 0) is 25.7 Å². The van der Waals surface area contributed by atoms with Crippen LogP contribution in [-0.4, -0.2) is 52.5 Å². The summed E-state index contributed by atoms with van der Waals surface area (Å²) in [5.41, 5.74) is 0. The third-order valence-electron chi connectivity index (χ3n) is 2.79. The molecule has 18 heavy (non-hydrogen) atoms. The molecule has 3 N–H and O–H groups in total. The molecule has 0 aromatic rings. The largest absolute Gasteiger partial charge is 0.870 e. The van der Waals surface area contributed by atoms with E-state index < -0.39 is 6.16 Å². The maximum atomic E-state index is 8.56. The molecule has 0 fully saturated rings. The molecule has 0 aliphatic heterocycles. The van der Waals surface area contributed by atoms with Gasteiger partial charge in [0.2, 0.25) is 0 Å². The summed E-state index contributed by atoms with van der Waals surface area (Å²) < 4.78 is 1.38. The molecule has 0 heterocycles. The van der Waals surface area contributed by atoms with Crippen molar-refractivity contribution in [2.24, 2.45) is 0 Å². The molecule has 0 atom stereocenters. The molecule has 0 rings (SSSR count). The average molecular weight is 265 g/mol. The fraction of sp³-hybridized carbons (Fsp3) is 0.923. The van der Waals surface area contributed by atoms with Crippen molar-refractivity contribution in [2.45, 2.75) is 53.4 Å². The van der Waals surface area contributed by atoms with Gasteiger partial charge in [-0.3, -0.25) is 0 Å². The van der Waals surface area contributed by atoms with Gasteiger partial charge in [0.15, 0.2) is 0 Å². The second kappa shape index (κ2) is 14.3. The Labute approximate surface area is 111 Å². The first kappa shape index (κ1) is 22.4. The van der Waals surface area contributed by atoms with Crippen molar-refractivity contribution >= 4 is 6.16 Å². The van der Waals surface area contributed by atoms with Crippen LogP contribution < -0.4 is 0 Å². The second-order valence-electron chi connectivity index (χ2n) is 4.52. The Hall–Kier alpha value is -0.810. The van der Waals surface area contributed by atoms with Crippen molar-refractivity contribution in [3.8, 4) is 0 Å². The van der Waals surface area contributed by atoms with Gasteiger partial charge in [0.1, 0.15) is 0 Å². The van der Waals surface area contributed by atoms with Crippen molar-refractivity contribution in [3.05, 3.63) is 0 Å². The molecule has 0 saturated heterocycles. The van der Waals surface area contributed by atoms with Gasteiger partial charge < -0.3 is 20.2 Å². The maximum Gasteiger partial charge on any atom is 0.503 e. The lowest BCUT2D eigenvalue weighted by molar-refractivity contribution is -0.928. The quantitative estimate of drug-likeness (QED) is 0.657. The van der Waals surface area contributed by atoms with E-state index in [1.807, 2.05) is 0 Å². The van der Waals surface area contributed by atoms with Crippen molar-refractivity contribution in [2.75, 3.05) is 26.2 Å². The van der Waals surface area contributed by atoms with E-state index in [1.54, 1.807) is 0 Å². The third-order valence-corrected chi connectivity index (χ3v) is 2.79. The Balaban J connectivity index is -0.000000392. The van der Waals surface area contributed by atoms with Crippen LogP contribution in [0.2, 0.25) is 0 Å². The molecule has 0 saturated carbocycles. The fourth-order valence-electron chi connectivity index (χ4n) is 2.57. The summed E-state index contributed by atoms with van der Waals surface area (Å²) in [4.78, 5) is 8.56. The zero-order valence-corrected chi connectivity index (χ0v) is 12.4. The van der Waals surface area contributed by atoms with Gasteiger partial charge in [0.05, 0.1) is 26.2 Å². The summed E-state index contributed by atoms with van der Waals surface area (Å²) in [7, 11) is 0. The smallest absolute Gasteiger partial charge is 0.503 e.